The summed E-state index contributed by atoms with van der Waals surface area (Å²) in [5, 5.41) is 9.16. The van der Waals surface area contributed by atoms with Gasteiger partial charge in [-0.3, -0.25) is 4.79 Å². The van der Waals surface area contributed by atoms with Crippen LogP contribution in [0.4, 0.5) is 0 Å². The van der Waals surface area contributed by atoms with Gasteiger partial charge in [-0.1, -0.05) is 13.8 Å². The summed E-state index contributed by atoms with van der Waals surface area (Å²) in [6.07, 6.45) is 2.34. The van der Waals surface area contributed by atoms with Crippen LogP contribution < -0.4 is 0 Å². The van der Waals surface area contributed by atoms with Crippen molar-refractivity contribution in [3.63, 3.8) is 0 Å². The summed E-state index contributed by atoms with van der Waals surface area (Å²) < 4.78 is 0. The van der Waals surface area contributed by atoms with Crippen molar-refractivity contribution in [3.05, 3.63) is 21.9 Å². The van der Waals surface area contributed by atoms with E-state index in [4.69, 9.17) is 5.11 Å². The first kappa shape index (κ1) is 12.2. The molecule has 0 aromatic carbocycles. The zero-order chi connectivity index (χ0) is 11.5. The van der Waals surface area contributed by atoms with Crippen LogP contribution in [0.5, 0.6) is 0 Å². The van der Waals surface area contributed by atoms with Crippen LogP contribution in [0.15, 0.2) is 12.1 Å². The van der Waals surface area contributed by atoms with E-state index < -0.39 is 11.4 Å². The zero-order valence-corrected chi connectivity index (χ0v) is 10.4. The molecule has 0 fully saturated rings. The van der Waals surface area contributed by atoms with E-state index in [0.717, 1.165) is 6.42 Å². The molecule has 2 nitrogen and oxygen atoms in total. The molecule has 3 heteroatoms. The third-order valence-electron chi connectivity index (χ3n) is 2.93. The number of aliphatic carboxylic acids is 1. The van der Waals surface area contributed by atoms with E-state index in [1.165, 1.54) is 9.75 Å². The molecule has 1 aromatic rings. The number of aryl methyl sites for hydroxylation is 1. The molecule has 0 aliphatic heterocycles. The van der Waals surface area contributed by atoms with E-state index in [1.54, 1.807) is 11.3 Å². The fourth-order valence-electron chi connectivity index (χ4n) is 1.44. The highest BCUT2D eigenvalue weighted by atomic mass is 32.1. The van der Waals surface area contributed by atoms with Crippen molar-refractivity contribution < 1.29 is 9.90 Å². The van der Waals surface area contributed by atoms with E-state index in [2.05, 4.69) is 19.1 Å². The fraction of sp³-hybridized carbons (Fsp3) is 0.583. The van der Waals surface area contributed by atoms with Gasteiger partial charge in [-0.25, -0.2) is 0 Å². The third-order valence-corrected chi connectivity index (χ3v) is 4.16. The maximum absolute atomic E-state index is 11.1. The Morgan fingerprint density at radius 1 is 1.40 bits per heavy atom. The Bertz CT molecular complexity index is 343. The normalized spacial score (nSPS) is 14.9. The van der Waals surface area contributed by atoms with Crippen LogP contribution in [0.25, 0.3) is 0 Å². The molecule has 1 heterocycles. The van der Waals surface area contributed by atoms with Crippen molar-refractivity contribution in [2.75, 3.05) is 0 Å². The number of thiophene rings is 1. The van der Waals surface area contributed by atoms with E-state index >= 15 is 0 Å². The second-order valence-corrected chi connectivity index (χ2v) is 5.37. The van der Waals surface area contributed by atoms with Crippen LogP contribution in [0.1, 0.15) is 36.9 Å². The second kappa shape index (κ2) is 4.79. The summed E-state index contributed by atoms with van der Waals surface area (Å²) in [5.74, 6) is -0.698. The minimum absolute atomic E-state index is 0.615. The number of hydrogen-bond donors (Lipinski definition) is 1. The summed E-state index contributed by atoms with van der Waals surface area (Å²) in [5.41, 5.74) is -0.615. The monoisotopic (exact) mass is 226 g/mol. The minimum atomic E-state index is -0.698. The Morgan fingerprint density at radius 3 is 2.40 bits per heavy atom. The molecule has 0 bridgehead atoms. The van der Waals surface area contributed by atoms with Gasteiger partial charge in [0.25, 0.3) is 0 Å². The third kappa shape index (κ3) is 2.81. The number of rotatable bonds is 5. The summed E-state index contributed by atoms with van der Waals surface area (Å²) >= 11 is 1.73. The molecule has 0 radical (unpaired) electrons. The Morgan fingerprint density at radius 2 is 2.00 bits per heavy atom. The highest BCUT2D eigenvalue weighted by Gasteiger charge is 2.31. The molecule has 1 aromatic heterocycles. The summed E-state index contributed by atoms with van der Waals surface area (Å²) in [7, 11) is 0. The van der Waals surface area contributed by atoms with Gasteiger partial charge >= 0.3 is 5.97 Å². The number of hydrogen-bond acceptors (Lipinski definition) is 2. The number of carboxylic acid groups (broad SMARTS) is 1. The molecule has 0 amide bonds. The van der Waals surface area contributed by atoms with E-state index in [-0.39, 0.29) is 0 Å². The lowest BCUT2D eigenvalue weighted by molar-refractivity contribution is -0.148. The maximum Gasteiger partial charge on any atom is 0.309 e. The standard InChI is InChI=1S/C12H18O2S/c1-4-9-6-7-10(15-9)8-12(3,5-2)11(13)14/h6-7H,4-5,8H2,1-3H3,(H,13,14). The van der Waals surface area contributed by atoms with Crippen molar-refractivity contribution in [1.29, 1.82) is 0 Å². The molecule has 0 saturated carbocycles. The molecule has 1 rings (SSSR count). The van der Waals surface area contributed by atoms with E-state index in [1.807, 2.05) is 13.8 Å². The zero-order valence-electron chi connectivity index (χ0n) is 9.54. The first-order valence-corrected chi connectivity index (χ1v) is 6.14. The average Bonchev–Trinajstić information content (AvgIpc) is 2.65. The number of carbonyl (C=O) groups is 1. The van der Waals surface area contributed by atoms with Gasteiger partial charge < -0.3 is 5.11 Å². The lowest BCUT2D eigenvalue weighted by atomic mass is 9.84. The van der Waals surface area contributed by atoms with Gasteiger partial charge in [0.1, 0.15) is 0 Å². The molecule has 0 saturated heterocycles. The average molecular weight is 226 g/mol. The van der Waals surface area contributed by atoms with Crippen LogP contribution in [0, 0.1) is 5.41 Å². The molecule has 0 aliphatic rings. The van der Waals surface area contributed by atoms with Gasteiger partial charge in [-0.15, -0.1) is 11.3 Å². The molecule has 15 heavy (non-hydrogen) atoms. The first-order valence-electron chi connectivity index (χ1n) is 5.33. The molecule has 1 atom stereocenters. The van der Waals surface area contributed by atoms with E-state index in [0.29, 0.717) is 12.8 Å². The summed E-state index contributed by atoms with van der Waals surface area (Å²) in [6, 6.07) is 4.15. The molecular weight excluding hydrogens is 208 g/mol. The van der Waals surface area contributed by atoms with Crippen LogP contribution in [0.3, 0.4) is 0 Å². The van der Waals surface area contributed by atoms with Crippen molar-refractivity contribution in [2.24, 2.45) is 5.41 Å². The van der Waals surface area contributed by atoms with Gasteiger partial charge in [0.15, 0.2) is 0 Å². The van der Waals surface area contributed by atoms with Crippen molar-refractivity contribution in [2.45, 2.75) is 40.0 Å². The largest absolute Gasteiger partial charge is 0.481 e. The molecular formula is C12H18O2S. The summed E-state index contributed by atoms with van der Waals surface area (Å²) in [6.45, 7) is 5.87. The van der Waals surface area contributed by atoms with Gasteiger partial charge in [0.2, 0.25) is 0 Å². The highest BCUT2D eigenvalue weighted by molar-refractivity contribution is 7.12. The van der Waals surface area contributed by atoms with Crippen molar-refractivity contribution >= 4 is 17.3 Å². The lowest BCUT2D eigenvalue weighted by Gasteiger charge is -2.21. The predicted octanol–water partition coefficient (Wildman–Crippen LogP) is 3.35. The molecule has 1 N–H and O–H groups in total. The van der Waals surface area contributed by atoms with Gasteiger partial charge in [0.05, 0.1) is 5.41 Å². The SMILES string of the molecule is CCc1ccc(CC(C)(CC)C(=O)O)s1. The first-order chi connectivity index (χ1) is 7.01. The molecule has 0 aliphatic carbocycles. The van der Waals surface area contributed by atoms with Gasteiger partial charge in [0, 0.05) is 9.75 Å². The molecule has 1 unspecified atom stereocenters. The van der Waals surface area contributed by atoms with E-state index in [9.17, 15) is 4.79 Å². The fourth-order valence-corrected chi connectivity index (χ4v) is 2.59. The summed E-state index contributed by atoms with van der Waals surface area (Å²) in [4.78, 5) is 13.6. The van der Waals surface area contributed by atoms with Crippen LogP contribution in [0.2, 0.25) is 0 Å². The smallest absolute Gasteiger partial charge is 0.309 e. The van der Waals surface area contributed by atoms with Crippen LogP contribution in [-0.2, 0) is 17.6 Å². The molecule has 84 valence electrons. The Balaban J connectivity index is 2.79. The van der Waals surface area contributed by atoms with Crippen LogP contribution in [-0.4, -0.2) is 11.1 Å². The Labute approximate surface area is 94.9 Å². The molecule has 0 spiro atoms. The number of carboxylic acids is 1. The topological polar surface area (TPSA) is 37.3 Å². The Hall–Kier alpha value is -0.830. The minimum Gasteiger partial charge on any atom is -0.481 e. The lowest BCUT2D eigenvalue weighted by Crippen LogP contribution is -2.28. The highest BCUT2D eigenvalue weighted by Crippen LogP contribution is 2.30. The maximum atomic E-state index is 11.1. The predicted molar refractivity (Wildman–Crippen MR) is 63.4 cm³/mol. The van der Waals surface area contributed by atoms with Crippen LogP contribution >= 0.6 is 11.3 Å². The van der Waals surface area contributed by atoms with Crippen molar-refractivity contribution in [1.82, 2.24) is 0 Å². The Kier molecular flexibility index (Phi) is 3.91. The quantitative estimate of drug-likeness (QED) is 0.836. The van der Waals surface area contributed by atoms with Gasteiger partial charge in [-0.05, 0) is 38.3 Å². The van der Waals surface area contributed by atoms with Gasteiger partial charge in [-0.2, -0.15) is 0 Å². The second-order valence-electron chi connectivity index (χ2n) is 4.12. The van der Waals surface area contributed by atoms with Crippen molar-refractivity contribution in [3.8, 4) is 0 Å².